The second kappa shape index (κ2) is 6.20. The Bertz CT molecular complexity index is 1120. The molecule has 1 saturated heterocycles. The van der Waals surface area contributed by atoms with E-state index >= 15 is 0 Å². The average molecular weight is 385 g/mol. The zero-order valence-electron chi connectivity index (χ0n) is 13.8. The molecule has 0 amide bonds. The number of rotatable bonds is 4. The van der Waals surface area contributed by atoms with Gasteiger partial charge in [-0.1, -0.05) is 16.5 Å². The fourth-order valence-electron chi connectivity index (χ4n) is 2.81. The summed E-state index contributed by atoms with van der Waals surface area (Å²) in [4.78, 5) is 18.7. The van der Waals surface area contributed by atoms with Crippen molar-refractivity contribution in [1.82, 2.24) is 10.1 Å². The number of fused-ring (bicyclic) bond motifs is 1. The lowest BCUT2D eigenvalue weighted by Crippen LogP contribution is -2.53. The first-order valence-corrected chi connectivity index (χ1v) is 9.00. The van der Waals surface area contributed by atoms with Gasteiger partial charge in [-0.05, 0) is 30.3 Å². The first kappa shape index (κ1) is 16.0. The molecule has 1 aromatic carbocycles. The van der Waals surface area contributed by atoms with Crippen LogP contribution in [-0.2, 0) is 4.74 Å². The fraction of sp³-hybridized carbons (Fsp3) is 0.167. The molecule has 0 N–H and O–H groups in total. The smallest absolute Gasteiger partial charge is 0.360 e. The van der Waals surface area contributed by atoms with E-state index in [9.17, 15) is 9.18 Å². The van der Waals surface area contributed by atoms with Gasteiger partial charge in [-0.15, -0.1) is 0 Å². The Morgan fingerprint density at radius 2 is 2.15 bits per heavy atom. The molecule has 0 bridgehead atoms. The van der Waals surface area contributed by atoms with Gasteiger partial charge in [-0.25, -0.2) is 14.2 Å². The minimum Gasteiger partial charge on any atom is -0.461 e. The first-order chi connectivity index (χ1) is 13.2. The van der Waals surface area contributed by atoms with Crippen LogP contribution in [-0.4, -0.2) is 35.3 Å². The highest BCUT2D eigenvalue weighted by molar-refractivity contribution is 7.22. The molecular formula is C18H12FN3O4S. The number of thiazole rings is 1. The fourth-order valence-corrected chi connectivity index (χ4v) is 3.82. The van der Waals surface area contributed by atoms with Crippen molar-refractivity contribution in [3.05, 3.63) is 54.2 Å². The molecule has 3 aromatic heterocycles. The lowest BCUT2D eigenvalue weighted by Gasteiger charge is -2.37. The van der Waals surface area contributed by atoms with Crippen molar-refractivity contribution in [3.8, 4) is 11.5 Å². The number of ether oxygens (including phenoxy) is 1. The third-order valence-corrected chi connectivity index (χ3v) is 5.29. The lowest BCUT2D eigenvalue weighted by atomic mass is 10.2. The molecule has 136 valence electrons. The predicted octanol–water partition coefficient (Wildman–Crippen LogP) is 3.73. The summed E-state index contributed by atoms with van der Waals surface area (Å²) in [7, 11) is 0. The molecule has 9 heteroatoms. The van der Waals surface area contributed by atoms with Crippen molar-refractivity contribution in [1.29, 1.82) is 0 Å². The minimum atomic E-state index is -0.549. The van der Waals surface area contributed by atoms with Gasteiger partial charge in [0.05, 0.1) is 29.6 Å². The molecule has 0 radical (unpaired) electrons. The number of hydrogen-bond acceptors (Lipinski definition) is 8. The molecule has 0 unspecified atom stereocenters. The summed E-state index contributed by atoms with van der Waals surface area (Å²) < 4.78 is 29.8. The molecule has 0 spiro atoms. The Morgan fingerprint density at radius 3 is 2.96 bits per heavy atom. The Morgan fingerprint density at radius 1 is 1.26 bits per heavy atom. The van der Waals surface area contributed by atoms with E-state index in [0.717, 1.165) is 15.3 Å². The SMILES string of the molecule is O=C(OC1CN(c2nc3ccc(F)cc3s2)C1)c1cc(-c2ccco2)on1. The Labute approximate surface area is 156 Å². The quantitative estimate of drug-likeness (QED) is 0.495. The highest BCUT2D eigenvalue weighted by atomic mass is 32.1. The second-order valence-corrected chi connectivity index (χ2v) is 7.10. The van der Waals surface area contributed by atoms with Crippen LogP contribution in [0.4, 0.5) is 9.52 Å². The second-order valence-electron chi connectivity index (χ2n) is 6.09. The largest absolute Gasteiger partial charge is 0.461 e. The van der Waals surface area contributed by atoms with E-state index in [2.05, 4.69) is 10.1 Å². The van der Waals surface area contributed by atoms with Gasteiger partial charge in [0.15, 0.2) is 16.6 Å². The van der Waals surface area contributed by atoms with E-state index in [0.29, 0.717) is 24.6 Å². The standard InChI is InChI=1S/C18H12FN3O4S/c19-10-3-4-12-16(6-10)27-18(20-12)22-8-11(9-22)25-17(23)13-7-15(26-21-13)14-2-1-5-24-14/h1-7,11H,8-9H2. The molecule has 1 aliphatic heterocycles. The monoisotopic (exact) mass is 385 g/mol. The number of carbonyl (C=O) groups is 1. The lowest BCUT2D eigenvalue weighted by molar-refractivity contribution is 0.0223. The van der Waals surface area contributed by atoms with Gasteiger partial charge in [-0.3, -0.25) is 0 Å². The molecule has 7 nitrogen and oxygen atoms in total. The van der Waals surface area contributed by atoms with Crippen LogP contribution in [0.25, 0.3) is 21.7 Å². The summed E-state index contributed by atoms with van der Waals surface area (Å²) in [5.74, 6) is 0.0229. The number of carbonyl (C=O) groups excluding carboxylic acids is 1. The van der Waals surface area contributed by atoms with Crippen LogP contribution in [0, 0.1) is 5.82 Å². The van der Waals surface area contributed by atoms with E-state index in [1.54, 1.807) is 18.2 Å². The van der Waals surface area contributed by atoms with Gasteiger partial charge >= 0.3 is 5.97 Å². The number of esters is 1. The van der Waals surface area contributed by atoms with Crippen LogP contribution in [0.2, 0.25) is 0 Å². The Balaban J connectivity index is 1.21. The number of anilines is 1. The maximum atomic E-state index is 13.3. The van der Waals surface area contributed by atoms with Gasteiger partial charge in [0, 0.05) is 6.07 Å². The summed E-state index contributed by atoms with van der Waals surface area (Å²) in [6.45, 7) is 1.05. The van der Waals surface area contributed by atoms with Crippen LogP contribution in [0.1, 0.15) is 10.5 Å². The summed E-state index contributed by atoms with van der Waals surface area (Å²) in [5.41, 5.74) is 0.847. The van der Waals surface area contributed by atoms with Crippen LogP contribution in [0.3, 0.4) is 0 Å². The molecule has 0 aliphatic carbocycles. The van der Waals surface area contributed by atoms with E-state index < -0.39 is 5.97 Å². The van der Waals surface area contributed by atoms with Crippen molar-refractivity contribution in [2.45, 2.75) is 6.10 Å². The predicted molar refractivity (Wildman–Crippen MR) is 95.2 cm³/mol. The molecule has 5 rings (SSSR count). The molecular weight excluding hydrogens is 373 g/mol. The highest BCUT2D eigenvalue weighted by Gasteiger charge is 2.33. The van der Waals surface area contributed by atoms with Gasteiger partial charge in [-0.2, -0.15) is 0 Å². The first-order valence-electron chi connectivity index (χ1n) is 8.18. The minimum absolute atomic E-state index is 0.0929. The third-order valence-electron chi connectivity index (χ3n) is 4.21. The van der Waals surface area contributed by atoms with Crippen molar-refractivity contribution < 1.29 is 22.9 Å². The number of benzene rings is 1. The van der Waals surface area contributed by atoms with Gasteiger partial charge in [0.2, 0.25) is 5.76 Å². The molecule has 1 fully saturated rings. The summed E-state index contributed by atoms with van der Waals surface area (Å²) in [6.07, 6.45) is 1.25. The molecule has 1 aliphatic rings. The number of furan rings is 1. The Hall–Kier alpha value is -3.20. The molecule has 0 atom stereocenters. The maximum Gasteiger partial charge on any atom is 0.360 e. The van der Waals surface area contributed by atoms with Crippen molar-refractivity contribution in [2.75, 3.05) is 18.0 Å². The van der Waals surface area contributed by atoms with Crippen molar-refractivity contribution in [3.63, 3.8) is 0 Å². The van der Waals surface area contributed by atoms with Crippen LogP contribution in [0.15, 0.2) is 51.6 Å². The normalized spacial score (nSPS) is 14.5. The van der Waals surface area contributed by atoms with E-state index in [-0.39, 0.29) is 17.6 Å². The van der Waals surface area contributed by atoms with E-state index in [1.807, 2.05) is 4.90 Å². The van der Waals surface area contributed by atoms with Gasteiger partial charge in [0.1, 0.15) is 11.9 Å². The number of aromatic nitrogens is 2. The number of nitrogens with zero attached hydrogens (tertiary/aromatic N) is 3. The van der Waals surface area contributed by atoms with Crippen LogP contribution < -0.4 is 4.90 Å². The summed E-state index contributed by atoms with van der Waals surface area (Å²) in [5, 5.41) is 4.51. The molecule has 4 aromatic rings. The summed E-state index contributed by atoms with van der Waals surface area (Å²) in [6, 6.07) is 9.43. The zero-order valence-corrected chi connectivity index (χ0v) is 14.6. The van der Waals surface area contributed by atoms with E-state index in [4.69, 9.17) is 13.7 Å². The van der Waals surface area contributed by atoms with Crippen molar-refractivity contribution >= 4 is 32.7 Å². The summed E-state index contributed by atoms with van der Waals surface area (Å²) >= 11 is 1.41. The average Bonchev–Trinajstić information content (AvgIpc) is 3.35. The van der Waals surface area contributed by atoms with Crippen LogP contribution >= 0.6 is 11.3 Å². The van der Waals surface area contributed by atoms with E-state index in [1.165, 1.54) is 35.8 Å². The maximum absolute atomic E-state index is 13.3. The molecule has 27 heavy (non-hydrogen) atoms. The van der Waals surface area contributed by atoms with Gasteiger partial charge in [0.25, 0.3) is 0 Å². The highest BCUT2D eigenvalue weighted by Crippen LogP contribution is 2.32. The number of halogens is 1. The van der Waals surface area contributed by atoms with Crippen LogP contribution in [0.5, 0.6) is 0 Å². The number of hydrogen-bond donors (Lipinski definition) is 0. The topological polar surface area (TPSA) is 81.6 Å². The molecule has 0 saturated carbocycles. The Kier molecular flexibility index (Phi) is 3.68. The van der Waals surface area contributed by atoms with Gasteiger partial charge < -0.3 is 18.6 Å². The van der Waals surface area contributed by atoms with Crippen molar-refractivity contribution in [2.24, 2.45) is 0 Å². The molecule has 4 heterocycles. The zero-order chi connectivity index (χ0) is 18.4. The third kappa shape index (κ3) is 2.95.